The first-order valence-electron chi connectivity index (χ1n) is 5.27. The zero-order valence-corrected chi connectivity index (χ0v) is 9.83. The summed E-state index contributed by atoms with van der Waals surface area (Å²) in [7, 11) is 0. The lowest BCUT2D eigenvalue weighted by Crippen LogP contribution is -2.26. The molecule has 0 bridgehead atoms. The molecule has 0 aromatic carbocycles. The standard InChI is InChI=1S/C12H19NO2/c1-9(2)8-11(14)15-12(3,4)10-6-5-7-13-10/h5-7,9,13H,8H2,1-4H3. The van der Waals surface area contributed by atoms with Gasteiger partial charge in [-0.1, -0.05) is 13.8 Å². The summed E-state index contributed by atoms with van der Waals surface area (Å²) in [6, 6.07) is 3.82. The number of aromatic amines is 1. The third-order valence-corrected chi connectivity index (χ3v) is 2.19. The van der Waals surface area contributed by atoms with Crippen molar-refractivity contribution < 1.29 is 9.53 Å². The van der Waals surface area contributed by atoms with Gasteiger partial charge in [0.2, 0.25) is 0 Å². The van der Waals surface area contributed by atoms with Gasteiger partial charge >= 0.3 is 5.97 Å². The third kappa shape index (κ3) is 3.42. The molecule has 0 unspecified atom stereocenters. The maximum Gasteiger partial charge on any atom is 0.306 e. The molecule has 3 nitrogen and oxygen atoms in total. The van der Waals surface area contributed by atoms with Crippen LogP contribution in [0.4, 0.5) is 0 Å². The summed E-state index contributed by atoms with van der Waals surface area (Å²) < 4.78 is 5.42. The van der Waals surface area contributed by atoms with Gasteiger partial charge in [-0.05, 0) is 31.9 Å². The van der Waals surface area contributed by atoms with Crippen molar-refractivity contribution in [3.8, 4) is 0 Å². The van der Waals surface area contributed by atoms with Crippen molar-refractivity contribution in [1.82, 2.24) is 4.98 Å². The number of carbonyl (C=O) groups excluding carboxylic acids is 1. The highest BCUT2D eigenvalue weighted by atomic mass is 16.6. The summed E-state index contributed by atoms with van der Waals surface area (Å²) in [6.45, 7) is 7.78. The largest absolute Gasteiger partial charge is 0.453 e. The van der Waals surface area contributed by atoms with E-state index in [-0.39, 0.29) is 5.97 Å². The summed E-state index contributed by atoms with van der Waals surface area (Å²) in [4.78, 5) is 14.6. The van der Waals surface area contributed by atoms with Gasteiger partial charge < -0.3 is 9.72 Å². The van der Waals surface area contributed by atoms with E-state index in [2.05, 4.69) is 4.98 Å². The molecule has 0 atom stereocenters. The number of hydrogen-bond acceptors (Lipinski definition) is 2. The molecule has 1 aromatic rings. The predicted molar refractivity (Wildman–Crippen MR) is 59.4 cm³/mol. The van der Waals surface area contributed by atoms with Gasteiger partial charge in [-0.3, -0.25) is 4.79 Å². The monoisotopic (exact) mass is 209 g/mol. The summed E-state index contributed by atoms with van der Waals surface area (Å²) >= 11 is 0. The van der Waals surface area contributed by atoms with Crippen molar-refractivity contribution in [3.05, 3.63) is 24.0 Å². The Hall–Kier alpha value is -1.25. The van der Waals surface area contributed by atoms with Crippen LogP contribution in [0.15, 0.2) is 18.3 Å². The normalized spacial score (nSPS) is 11.8. The third-order valence-electron chi connectivity index (χ3n) is 2.19. The first kappa shape index (κ1) is 11.8. The van der Waals surface area contributed by atoms with Gasteiger partial charge in [-0.2, -0.15) is 0 Å². The Morgan fingerprint density at radius 1 is 1.53 bits per heavy atom. The van der Waals surface area contributed by atoms with Crippen molar-refractivity contribution in [2.75, 3.05) is 0 Å². The van der Waals surface area contributed by atoms with Crippen molar-refractivity contribution in [3.63, 3.8) is 0 Å². The molecular formula is C12H19NO2. The van der Waals surface area contributed by atoms with Gasteiger partial charge in [0.05, 0.1) is 5.69 Å². The second kappa shape index (κ2) is 4.51. The Kier molecular flexibility index (Phi) is 3.56. The van der Waals surface area contributed by atoms with Gasteiger partial charge in [-0.25, -0.2) is 0 Å². The Labute approximate surface area is 90.8 Å². The van der Waals surface area contributed by atoms with Gasteiger partial charge in [0.15, 0.2) is 0 Å². The molecule has 0 amide bonds. The van der Waals surface area contributed by atoms with Crippen molar-refractivity contribution in [1.29, 1.82) is 0 Å². The van der Waals surface area contributed by atoms with Crippen LogP contribution in [0.3, 0.4) is 0 Å². The smallest absolute Gasteiger partial charge is 0.306 e. The molecule has 0 fully saturated rings. The molecule has 0 spiro atoms. The molecule has 0 saturated carbocycles. The number of esters is 1. The number of H-pyrrole nitrogens is 1. The summed E-state index contributed by atoms with van der Waals surface area (Å²) in [6.07, 6.45) is 2.29. The number of carbonyl (C=O) groups is 1. The molecule has 15 heavy (non-hydrogen) atoms. The zero-order valence-electron chi connectivity index (χ0n) is 9.83. The molecule has 0 aliphatic carbocycles. The van der Waals surface area contributed by atoms with E-state index >= 15 is 0 Å². The van der Waals surface area contributed by atoms with Gasteiger partial charge in [-0.15, -0.1) is 0 Å². The number of nitrogens with one attached hydrogen (secondary N) is 1. The summed E-state index contributed by atoms with van der Waals surface area (Å²) in [5.74, 6) is 0.182. The summed E-state index contributed by atoms with van der Waals surface area (Å²) in [5, 5.41) is 0. The van der Waals surface area contributed by atoms with Crippen molar-refractivity contribution in [2.24, 2.45) is 5.92 Å². The lowest BCUT2D eigenvalue weighted by molar-refractivity contribution is -0.158. The molecule has 1 aromatic heterocycles. The lowest BCUT2D eigenvalue weighted by Gasteiger charge is -2.24. The minimum atomic E-state index is -0.574. The van der Waals surface area contributed by atoms with E-state index in [0.29, 0.717) is 12.3 Å². The topological polar surface area (TPSA) is 42.1 Å². The van der Waals surface area contributed by atoms with Crippen LogP contribution in [0.5, 0.6) is 0 Å². The van der Waals surface area contributed by atoms with E-state index < -0.39 is 5.60 Å². The fourth-order valence-corrected chi connectivity index (χ4v) is 1.42. The Morgan fingerprint density at radius 3 is 2.67 bits per heavy atom. The minimum absolute atomic E-state index is 0.149. The van der Waals surface area contributed by atoms with E-state index in [0.717, 1.165) is 5.69 Å². The molecule has 3 heteroatoms. The van der Waals surface area contributed by atoms with Crippen LogP contribution in [0, 0.1) is 5.92 Å². The maximum absolute atomic E-state index is 11.5. The summed E-state index contributed by atoms with van der Waals surface area (Å²) in [5.41, 5.74) is 0.342. The second-order valence-corrected chi connectivity index (χ2v) is 4.67. The Balaban J connectivity index is 2.61. The molecular weight excluding hydrogens is 190 g/mol. The predicted octanol–water partition coefficient (Wildman–Crippen LogP) is 2.84. The lowest BCUT2D eigenvalue weighted by atomic mass is 10.1. The number of ether oxygens (including phenoxy) is 1. The van der Waals surface area contributed by atoms with E-state index in [1.54, 1.807) is 0 Å². The van der Waals surface area contributed by atoms with Crippen LogP contribution in [0.1, 0.15) is 39.8 Å². The second-order valence-electron chi connectivity index (χ2n) is 4.67. The molecule has 0 saturated heterocycles. The highest BCUT2D eigenvalue weighted by Gasteiger charge is 2.26. The van der Waals surface area contributed by atoms with Crippen LogP contribution in [-0.2, 0) is 15.1 Å². The van der Waals surface area contributed by atoms with Crippen LogP contribution in [-0.4, -0.2) is 11.0 Å². The molecule has 0 radical (unpaired) electrons. The van der Waals surface area contributed by atoms with Crippen molar-refractivity contribution >= 4 is 5.97 Å². The van der Waals surface area contributed by atoms with Gasteiger partial charge in [0, 0.05) is 12.6 Å². The molecule has 0 aliphatic heterocycles. The molecule has 84 valence electrons. The Morgan fingerprint density at radius 2 is 2.20 bits per heavy atom. The molecule has 0 aliphatic rings. The number of rotatable bonds is 4. The Bertz CT molecular complexity index is 312. The SMILES string of the molecule is CC(C)CC(=O)OC(C)(C)c1ccc[nH]1. The molecule has 1 N–H and O–H groups in total. The van der Waals surface area contributed by atoms with E-state index in [4.69, 9.17) is 4.74 Å². The van der Waals surface area contributed by atoms with E-state index in [1.807, 2.05) is 46.0 Å². The van der Waals surface area contributed by atoms with Gasteiger partial charge in [0.1, 0.15) is 5.60 Å². The van der Waals surface area contributed by atoms with E-state index in [9.17, 15) is 4.79 Å². The molecule has 1 heterocycles. The first-order valence-corrected chi connectivity index (χ1v) is 5.27. The highest BCUT2D eigenvalue weighted by molar-refractivity contribution is 5.70. The fourth-order valence-electron chi connectivity index (χ4n) is 1.42. The van der Waals surface area contributed by atoms with Crippen LogP contribution < -0.4 is 0 Å². The van der Waals surface area contributed by atoms with Crippen molar-refractivity contribution in [2.45, 2.75) is 39.7 Å². The van der Waals surface area contributed by atoms with E-state index in [1.165, 1.54) is 0 Å². The number of aromatic nitrogens is 1. The first-order chi connectivity index (χ1) is 6.92. The van der Waals surface area contributed by atoms with Gasteiger partial charge in [0.25, 0.3) is 0 Å². The zero-order chi connectivity index (χ0) is 11.5. The number of hydrogen-bond donors (Lipinski definition) is 1. The molecule has 1 rings (SSSR count). The maximum atomic E-state index is 11.5. The van der Waals surface area contributed by atoms with Crippen LogP contribution in [0.25, 0.3) is 0 Å². The fraction of sp³-hybridized carbons (Fsp3) is 0.583. The minimum Gasteiger partial charge on any atom is -0.453 e. The van der Waals surface area contributed by atoms with Crippen LogP contribution >= 0.6 is 0 Å². The highest BCUT2D eigenvalue weighted by Crippen LogP contribution is 2.23. The van der Waals surface area contributed by atoms with Crippen LogP contribution in [0.2, 0.25) is 0 Å². The average molecular weight is 209 g/mol. The average Bonchev–Trinajstić information content (AvgIpc) is 2.51. The quantitative estimate of drug-likeness (QED) is 0.775.